The number of likely N-dealkylation sites (tertiary alicyclic amines) is 1. The fourth-order valence-electron chi connectivity index (χ4n) is 2.68. The normalized spacial score (nSPS) is 22.8. The molecular formula is C14H19N3. The lowest BCUT2D eigenvalue weighted by atomic mass is 10.0. The molecule has 3 rings (SSSR count). The third-order valence-corrected chi connectivity index (χ3v) is 3.75. The number of aromatic nitrogens is 2. The summed E-state index contributed by atoms with van der Waals surface area (Å²) in [6.45, 7) is 2.40. The van der Waals surface area contributed by atoms with E-state index in [0.717, 1.165) is 5.52 Å². The Morgan fingerprint density at radius 3 is 3.00 bits per heavy atom. The SMILES string of the molecule is CN1CCCC(c2nc3ccccc3[nH]2)CC1. The van der Waals surface area contributed by atoms with Gasteiger partial charge in [0.1, 0.15) is 5.82 Å². The minimum absolute atomic E-state index is 0.604. The van der Waals surface area contributed by atoms with Gasteiger partial charge in [0.25, 0.3) is 0 Å². The number of benzene rings is 1. The molecule has 0 saturated carbocycles. The van der Waals surface area contributed by atoms with Crippen molar-refractivity contribution in [1.82, 2.24) is 14.9 Å². The van der Waals surface area contributed by atoms with Gasteiger partial charge in [0.2, 0.25) is 0 Å². The maximum atomic E-state index is 4.73. The van der Waals surface area contributed by atoms with Crippen LogP contribution in [0.4, 0.5) is 0 Å². The maximum Gasteiger partial charge on any atom is 0.110 e. The van der Waals surface area contributed by atoms with E-state index in [-0.39, 0.29) is 0 Å². The van der Waals surface area contributed by atoms with Crippen LogP contribution >= 0.6 is 0 Å². The minimum Gasteiger partial charge on any atom is -0.342 e. The second kappa shape index (κ2) is 4.49. The predicted octanol–water partition coefficient (Wildman–Crippen LogP) is 2.76. The first kappa shape index (κ1) is 10.8. The van der Waals surface area contributed by atoms with Gasteiger partial charge in [-0.05, 0) is 51.5 Å². The number of para-hydroxylation sites is 2. The fourth-order valence-corrected chi connectivity index (χ4v) is 2.68. The van der Waals surface area contributed by atoms with Gasteiger partial charge in [-0.2, -0.15) is 0 Å². The predicted molar refractivity (Wildman–Crippen MR) is 70.2 cm³/mol. The largest absolute Gasteiger partial charge is 0.342 e. The number of fused-ring (bicyclic) bond motifs is 1. The second-order valence-corrected chi connectivity index (χ2v) is 5.07. The van der Waals surface area contributed by atoms with Crippen molar-refractivity contribution in [3.63, 3.8) is 0 Å². The van der Waals surface area contributed by atoms with Gasteiger partial charge < -0.3 is 9.88 Å². The summed E-state index contributed by atoms with van der Waals surface area (Å²) in [6.07, 6.45) is 3.75. The van der Waals surface area contributed by atoms with Gasteiger partial charge in [-0.3, -0.25) is 0 Å². The molecule has 0 spiro atoms. The molecule has 1 N–H and O–H groups in total. The first-order chi connectivity index (χ1) is 8.33. The molecule has 0 radical (unpaired) electrons. The van der Waals surface area contributed by atoms with E-state index in [2.05, 4.69) is 35.1 Å². The zero-order valence-electron chi connectivity index (χ0n) is 10.3. The smallest absolute Gasteiger partial charge is 0.110 e. The Kier molecular flexibility index (Phi) is 2.85. The Labute approximate surface area is 102 Å². The van der Waals surface area contributed by atoms with E-state index in [4.69, 9.17) is 4.98 Å². The topological polar surface area (TPSA) is 31.9 Å². The molecule has 0 amide bonds. The summed E-state index contributed by atoms with van der Waals surface area (Å²) in [5, 5.41) is 0. The Morgan fingerprint density at radius 2 is 2.12 bits per heavy atom. The zero-order chi connectivity index (χ0) is 11.7. The van der Waals surface area contributed by atoms with Gasteiger partial charge in [0, 0.05) is 5.92 Å². The molecule has 3 heteroatoms. The van der Waals surface area contributed by atoms with Crippen molar-refractivity contribution < 1.29 is 0 Å². The van der Waals surface area contributed by atoms with Gasteiger partial charge in [0.15, 0.2) is 0 Å². The number of nitrogens with zero attached hydrogens (tertiary/aromatic N) is 2. The molecule has 1 unspecified atom stereocenters. The van der Waals surface area contributed by atoms with Crippen LogP contribution in [-0.2, 0) is 0 Å². The monoisotopic (exact) mass is 229 g/mol. The van der Waals surface area contributed by atoms with Crippen LogP contribution < -0.4 is 0 Å². The molecule has 1 aliphatic heterocycles. The van der Waals surface area contributed by atoms with E-state index in [0.29, 0.717) is 5.92 Å². The first-order valence-electron chi connectivity index (χ1n) is 6.46. The fraction of sp³-hybridized carbons (Fsp3) is 0.500. The van der Waals surface area contributed by atoms with Crippen LogP contribution in [0.15, 0.2) is 24.3 Å². The van der Waals surface area contributed by atoms with Crippen LogP contribution in [0.2, 0.25) is 0 Å². The average molecular weight is 229 g/mol. The van der Waals surface area contributed by atoms with Crippen LogP contribution in [0.5, 0.6) is 0 Å². The molecule has 1 aliphatic rings. The van der Waals surface area contributed by atoms with Gasteiger partial charge in [-0.15, -0.1) is 0 Å². The molecule has 1 atom stereocenters. The molecule has 2 heterocycles. The first-order valence-corrected chi connectivity index (χ1v) is 6.46. The van der Waals surface area contributed by atoms with Crippen LogP contribution in [-0.4, -0.2) is 35.0 Å². The molecule has 1 saturated heterocycles. The van der Waals surface area contributed by atoms with Crippen LogP contribution in [0.25, 0.3) is 11.0 Å². The summed E-state index contributed by atoms with van der Waals surface area (Å²) in [5.74, 6) is 1.79. The summed E-state index contributed by atoms with van der Waals surface area (Å²) in [4.78, 5) is 10.6. The summed E-state index contributed by atoms with van der Waals surface area (Å²) in [5.41, 5.74) is 2.26. The average Bonchev–Trinajstić information content (AvgIpc) is 2.65. The van der Waals surface area contributed by atoms with E-state index in [9.17, 15) is 0 Å². The van der Waals surface area contributed by atoms with Crippen molar-refractivity contribution in [3.05, 3.63) is 30.1 Å². The van der Waals surface area contributed by atoms with Gasteiger partial charge in [0.05, 0.1) is 11.0 Å². The zero-order valence-corrected chi connectivity index (χ0v) is 10.3. The standard InChI is InChI=1S/C14H19N3/c1-17-9-4-5-11(8-10-17)14-15-12-6-2-3-7-13(12)16-14/h2-3,6-7,11H,4-5,8-10H2,1H3,(H,15,16). The quantitative estimate of drug-likeness (QED) is 0.815. The highest BCUT2D eigenvalue weighted by Crippen LogP contribution is 2.27. The molecule has 1 aromatic carbocycles. The van der Waals surface area contributed by atoms with E-state index < -0.39 is 0 Å². The van der Waals surface area contributed by atoms with E-state index in [1.165, 1.54) is 43.7 Å². The molecular weight excluding hydrogens is 210 g/mol. The molecule has 0 aliphatic carbocycles. The maximum absolute atomic E-state index is 4.73. The molecule has 1 aromatic heterocycles. The van der Waals surface area contributed by atoms with Crippen LogP contribution in [0.3, 0.4) is 0 Å². The highest BCUT2D eigenvalue weighted by atomic mass is 15.1. The Balaban J connectivity index is 1.87. The number of hydrogen-bond donors (Lipinski definition) is 1. The second-order valence-electron chi connectivity index (χ2n) is 5.07. The molecule has 17 heavy (non-hydrogen) atoms. The minimum atomic E-state index is 0.604. The highest BCUT2D eigenvalue weighted by Gasteiger charge is 2.19. The molecule has 2 aromatic rings. The summed E-state index contributed by atoms with van der Waals surface area (Å²) < 4.78 is 0. The van der Waals surface area contributed by atoms with E-state index in [1.54, 1.807) is 0 Å². The van der Waals surface area contributed by atoms with Crippen molar-refractivity contribution >= 4 is 11.0 Å². The summed E-state index contributed by atoms with van der Waals surface area (Å²) >= 11 is 0. The Hall–Kier alpha value is -1.35. The van der Waals surface area contributed by atoms with Crippen molar-refractivity contribution in [2.75, 3.05) is 20.1 Å². The molecule has 1 fully saturated rings. The van der Waals surface area contributed by atoms with Crippen molar-refractivity contribution in [1.29, 1.82) is 0 Å². The number of imidazole rings is 1. The molecule has 0 bridgehead atoms. The number of nitrogens with one attached hydrogen (secondary N) is 1. The van der Waals surface area contributed by atoms with Crippen molar-refractivity contribution in [2.24, 2.45) is 0 Å². The Morgan fingerprint density at radius 1 is 1.24 bits per heavy atom. The number of aromatic amines is 1. The molecule has 90 valence electrons. The number of hydrogen-bond acceptors (Lipinski definition) is 2. The number of rotatable bonds is 1. The summed E-state index contributed by atoms with van der Waals surface area (Å²) in [6, 6.07) is 8.30. The highest BCUT2D eigenvalue weighted by molar-refractivity contribution is 5.74. The summed E-state index contributed by atoms with van der Waals surface area (Å²) in [7, 11) is 2.21. The lowest BCUT2D eigenvalue weighted by Gasteiger charge is -2.12. The van der Waals surface area contributed by atoms with Gasteiger partial charge in [-0.1, -0.05) is 12.1 Å². The van der Waals surface area contributed by atoms with Crippen molar-refractivity contribution in [2.45, 2.75) is 25.2 Å². The lowest BCUT2D eigenvalue weighted by molar-refractivity contribution is 0.347. The third-order valence-electron chi connectivity index (χ3n) is 3.75. The van der Waals surface area contributed by atoms with Gasteiger partial charge >= 0.3 is 0 Å². The Bertz CT molecular complexity index is 470. The van der Waals surface area contributed by atoms with Crippen LogP contribution in [0.1, 0.15) is 31.0 Å². The lowest BCUT2D eigenvalue weighted by Crippen LogP contribution is -2.18. The van der Waals surface area contributed by atoms with Crippen LogP contribution in [0, 0.1) is 0 Å². The van der Waals surface area contributed by atoms with Crippen molar-refractivity contribution in [3.8, 4) is 0 Å². The van der Waals surface area contributed by atoms with E-state index >= 15 is 0 Å². The third kappa shape index (κ3) is 2.20. The molecule has 3 nitrogen and oxygen atoms in total. The number of H-pyrrole nitrogens is 1. The van der Waals surface area contributed by atoms with Gasteiger partial charge in [-0.25, -0.2) is 4.98 Å². The van der Waals surface area contributed by atoms with E-state index in [1.807, 2.05) is 6.07 Å².